The van der Waals surface area contributed by atoms with Gasteiger partial charge in [0.25, 0.3) is 0 Å². The lowest BCUT2D eigenvalue weighted by molar-refractivity contribution is -0.172. The average Bonchev–Trinajstić information content (AvgIpc) is 2.79. The van der Waals surface area contributed by atoms with E-state index in [2.05, 4.69) is 13.8 Å². The van der Waals surface area contributed by atoms with Crippen molar-refractivity contribution in [2.24, 2.45) is 5.41 Å². The molecule has 0 saturated carbocycles. The van der Waals surface area contributed by atoms with Crippen molar-refractivity contribution >= 4 is 11.9 Å². The normalized spacial score (nSPS) is 19.8. The predicted molar refractivity (Wildman–Crippen MR) is 126 cm³/mol. The summed E-state index contributed by atoms with van der Waals surface area (Å²) in [5, 5.41) is 0. The van der Waals surface area contributed by atoms with E-state index >= 15 is 0 Å². The standard InChI is InChI=1S/C27H38O5/c1-5-12-21-16-18-27(25(28)30-7-3,26(29)31-8-4)19-17-22(24(21)13-6-2)20-32-23-14-10-9-11-15-23/h9-11,14-15,17H,5-8,12-13,16,18-20H2,1-4H3/b22-17-,24-21-. The van der Waals surface area contributed by atoms with Crippen molar-refractivity contribution in [1.29, 1.82) is 0 Å². The summed E-state index contributed by atoms with van der Waals surface area (Å²) in [5.41, 5.74) is 2.35. The number of carbonyl (C=O) groups excluding carboxylic acids is 2. The van der Waals surface area contributed by atoms with E-state index in [1.807, 2.05) is 36.4 Å². The van der Waals surface area contributed by atoms with Gasteiger partial charge in [-0.05, 0) is 69.2 Å². The maximum atomic E-state index is 13.1. The molecule has 0 saturated heterocycles. The molecule has 0 N–H and O–H groups in total. The van der Waals surface area contributed by atoms with Crippen LogP contribution in [0.3, 0.4) is 0 Å². The Balaban J connectivity index is 2.48. The Morgan fingerprint density at radius 3 is 2.09 bits per heavy atom. The first-order chi connectivity index (χ1) is 15.5. The molecule has 2 rings (SSSR count). The number of hydrogen-bond acceptors (Lipinski definition) is 5. The van der Waals surface area contributed by atoms with Crippen LogP contribution in [0.4, 0.5) is 0 Å². The molecule has 1 aliphatic carbocycles. The largest absolute Gasteiger partial charge is 0.489 e. The SMILES string of the molecule is CCC/C1=C(CCC)/C(COc2ccccc2)=C\CC(C(=O)OCC)(C(=O)OCC)CC1. The Morgan fingerprint density at radius 1 is 0.906 bits per heavy atom. The highest BCUT2D eigenvalue weighted by Crippen LogP contribution is 2.40. The zero-order valence-corrected chi connectivity index (χ0v) is 20.1. The molecule has 0 atom stereocenters. The van der Waals surface area contributed by atoms with Gasteiger partial charge in [-0.15, -0.1) is 0 Å². The van der Waals surface area contributed by atoms with Crippen LogP contribution >= 0.6 is 0 Å². The monoisotopic (exact) mass is 442 g/mol. The summed E-state index contributed by atoms with van der Waals surface area (Å²) >= 11 is 0. The van der Waals surface area contributed by atoms with Crippen molar-refractivity contribution < 1.29 is 23.8 Å². The van der Waals surface area contributed by atoms with Gasteiger partial charge in [0, 0.05) is 0 Å². The van der Waals surface area contributed by atoms with Gasteiger partial charge in [0.2, 0.25) is 0 Å². The van der Waals surface area contributed by atoms with Gasteiger partial charge in [-0.3, -0.25) is 9.59 Å². The van der Waals surface area contributed by atoms with Gasteiger partial charge in [-0.2, -0.15) is 0 Å². The van der Waals surface area contributed by atoms with E-state index in [1.54, 1.807) is 13.8 Å². The lowest BCUT2D eigenvalue weighted by atomic mass is 9.74. The second kappa shape index (κ2) is 13.1. The number of allylic oxidation sites excluding steroid dienone is 2. The number of rotatable bonds is 11. The molecule has 0 radical (unpaired) electrons. The quantitative estimate of drug-likeness (QED) is 0.302. The maximum Gasteiger partial charge on any atom is 0.323 e. The molecule has 0 unspecified atom stereocenters. The van der Waals surface area contributed by atoms with Gasteiger partial charge < -0.3 is 14.2 Å². The summed E-state index contributed by atoms with van der Waals surface area (Å²) in [5.74, 6) is -0.189. The molecule has 176 valence electrons. The summed E-state index contributed by atoms with van der Waals surface area (Å²) in [6.07, 6.45) is 7.24. The fourth-order valence-corrected chi connectivity index (χ4v) is 4.25. The lowest BCUT2D eigenvalue weighted by Crippen LogP contribution is -2.42. The third-order valence-corrected chi connectivity index (χ3v) is 5.89. The molecule has 0 aromatic heterocycles. The first-order valence-electron chi connectivity index (χ1n) is 11.9. The van der Waals surface area contributed by atoms with Crippen LogP contribution in [0.15, 0.2) is 53.1 Å². The van der Waals surface area contributed by atoms with Gasteiger partial charge in [-0.25, -0.2) is 0 Å². The fraction of sp³-hybridized carbons (Fsp3) is 0.556. The summed E-state index contributed by atoms with van der Waals surface area (Å²) in [6, 6.07) is 9.71. The molecule has 5 nitrogen and oxygen atoms in total. The highest BCUT2D eigenvalue weighted by atomic mass is 16.6. The Morgan fingerprint density at radius 2 is 1.53 bits per heavy atom. The molecule has 0 aliphatic heterocycles. The minimum absolute atomic E-state index is 0.229. The van der Waals surface area contributed by atoms with Gasteiger partial charge in [0.1, 0.15) is 12.4 Å². The van der Waals surface area contributed by atoms with Crippen LogP contribution in [0.1, 0.15) is 72.6 Å². The van der Waals surface area contributed by atoms with Gasteiger partial charge in [0.15, 0.2) is 5.41 Å². The highest BCUT2D eigenvalue weighted by Gasteiger charge is 2.48. The van der Waals surface area contributed by atoms with Gasteiger partial charge in [0.05, 0.1) is 13.2 Å². The van der Waals surface area contributed by atoms with Crippen molar-refractivity contribution in [2.75, 3.05) is 19.8 Å². The summed E-state index contributed by atoms with van der Waals surface area (Å²) in [4.78, 5) is 26.1. The van der Waals surface area contributed by atoms with Crippen LogP contribution in [0, 0.1) is 5.41 Å². The van der Waals surface area contributed by atoms with Gasteiger partial charge in [-0.1, -0.05) is 56.5 Å². The molecular formula is C27H38O5. The van der Waals surface area contributed by atoms with Crippen LogP contribution in [-0.4, -0.2) is 31.8 Å². The zero-order chi connectivity index (χ0) is 23.4. The van der Waals surface area contributed by atoms with Crippen molar-refractivity contribution in [3.63, 3.8) is 0 Å². The third-order valence-electron chi connectivity index (χ3n) is 5.89. The van der Waals surface area contributed by atoms with E-state index in [1.165, 1.54) is 11.1 Å². The second-order valence-corrected chi connectivity index (χ2v) is 8.14. The number of esters is 2. The van der Waals surface area contributed by atoms with Crippen molar-refractivity contribution in [3.8, 4) is 5.75 Å². The average molecular weight is 443 g/mol. The smallest absolute Gasteiger partial charge is 0.323 e. The Bertz CT molecular complexity index is 789. The van der Waals surface area contributed by atoms with Gasteiger partial charge >= 0.3 is 11.9 Å². The molecule has 0 bridgehead atoms. The maximum absolute atomic E-state index is 13.1. The Hall–Kier alpha value is -2.56. The number of carbonyl (C=O) groups is 2. The summed E-state index contributed by atoms with van der Waals surface area (Å²) in [6.45, 7) is 8.70. The Kier molecular flexibility index (Phi) is 10.5. The molecule has 0 fully saturated rings. The van der Waals surface area contributed by atoms with Crippen LogP contribution in [0.5, 0.6) is 5.75 Å². The summed E-state index contributed by atoms with van der Waals surface area (Å²) < 4.78 is 16.8. The van der Waals surface area contributed by atoms with Crippen molar-refractivity contribution in [3.05, 3.63) is 53.1 Å². The molecule has 5 heteroatoms. The van der Waals surface area contributed by atoms with E-state index in [4.69, 9.17) is 14.2 Å². The van der Waals surface area contributed by atoms with Crippen LogP contribution in [-0.2, 0) is 19.1 Å². The molecule has 1 aromatic carbocycles. The molecular weight excluding hydrogens is 404 g/mol. The molecule has 0 amide bonds. The van der Waals surface area contributed by atoms with E-state index in [0.717, 1.165) is 37.0 Å². The van der Waals surface area contributed by atoms with Crippen molar-refractivity contribution in [2.45, 2.75) is 72.6 Å². The molecule has 32 heavy (non-hydrogen) atoms. The number of benzene rings is 1. The fourth-order valence-electron chi connectivity index (χ4n) is 4.25. The number of para-hydroxylation sites is 1. The minimum Gasteiger partial charge on any atom is -0.489 e. The molecule has 1 aromatic rings. The topological polar surface area (TPSA) is 61.8 Å². The minimum atomic E-state index is -1.32. The van der Waals surface area contributed by atoms with Crippen LogP contribution in [0.25, 0.3) is 0 Å². The van der Waals surface area contributed by atoms with Crippen molar-refractivity contribution in [1.82, 2.24) is 0 Å². The second-order valence-electron chi connectivity index (χ2n) is 8.14. The number of hydrogen-bond donors (Lipinski definition) is 0. The highest BCUT2D eigenvalue weighted by molar-refractivity contribution is 6.00. The zero-order valence-electron chi connectivity index (χ0n) is 20.1. The molecule has 1 aliphatic rings. The lowest BCUT2D eigenvalue weighted by Gasteiger charge is -2.31. The predicted octanol–water partition coefficient (Wildman–Crippen LogP) is 6.19. The van der Waals surface area contributed by atoms with E-state index in [9.17, 15) is 9.59 Å². The first kappa shape index (κ1) is 25.7. The van der Waals surface area contributed by atoms with Crippen LogP contribution < -0.4 is 4.74 Å². The first-order valence-corrected chi connectivity index (χ1v) is 11.9. The third kappa shape index (κ3) is 6.47. The van der Waals surface area contributed by atoms with E-state index < -0.39 is 17.4 Å². The van der Waals surface area contributed by atoms with E-state index in [0.29, 0.717) is 19.4 Å². The Labute approximate surface area is 192 Å². The number of ether oxygens (including phenoxy) is 3. The summed E-state index contributed by atoms with van der Waals surface area (Å²) in [7, 11) is 0. The molecule has 0 spiro atoms. The van der Waals surface area contributed by atoms with Crippen LogP contribution in [0.2, 0.25) is 0 Å². The van der Waals surface area contributed by atoms with E-state index in [-0.39, 0.29) is 19.6 Å². The molecule has 0 heterocycles.